The predicted octanol–water partition coefficient (Wildman–Crippen LogP) is 1.28. The van der Waals surface area contributed by atoms with E-state index in [-0.39, 0.29) is 11.7 Å². The van der Waals surface area contributed by atoms with Crippen LogP contribution in [0.2, 0.25) is 0 Å². The van der Waals surface area contributed by atoms with Gasteiger partial charge in [-0.25, -0.2) is 9.82 Å². The summed E-state index contributed by atoms with van der Waals surface area (Å²) in [5, 5.41) is 3.98. The van der Waals surface area contributed by atoms with Gasteiger partial charge in [-0.05, 0) is 12.1 Å². The maximum atomic E-state index is 14.2. The third-order valence-electron chi connectivity index (χ3n) is 3.54. The second-order valence-electron chi connectivity index (χ2n) is 4.86. The lowest BCUT2D eigenvalue weighted by Gasteiger charge is -2.29. The largest absolute Gasteiger partial charge is 0.378 e. The van der Waals surface area contributed by atoms with Crippen LogP contribution in [0.4, 0.5) is 10.1 Å². The first kappa shape index (κ1) is 13.1. The van der Waals surface area contributed by atoms with E-state index in [1.165, 1.54) is 6.07 Å². The maximum Gasteiger partial charge on any atom is 0.240 e. The molecule has 5 nitrogen and oxygen atoms in total. The van der Waals surface area contributed by atoms with Crippen LogP contribution in [0.3, 0.4) is 0 Å². The molecule has 0 spiro atoms. The number of anilines is 1. The van der Waals surface area contributed by atoms with Gasteiger partial charge >= 0.3 is 0 Å². The van der Waals surface area contributed by atoms with Gasteiger partial charge < -0.3 is 9.64 Å². The van der Waals surface area contributed by atoms with Gasteiger partial charge in [0.05, 0.1) is 24.6 Å². The highest BCUT2D eigenvalue weighted by molar-refractivity contribution is 6.04. The summed E-state index contributed by atoms with van der Waals surface area (Å²) in [5.74, 6) is -0.358. The van der Waals surface area contributed by atoms with Crippen LogP contribution < -0.4 is 10.3 Å². The molecule has 1 N–H and O–H groups in total. The zero-order chi connectivity index (χ0) is 13.9. The zero-order valence-corrected chi connectivity index (χ0v) is 11.1. The predicted molar refractivity (Wildman–Crippen MR) is 73.3 cm³/mol. The van der Waals surface area contributed by atoms with Crippen molar-refractivity contribution in [3.63, 3.8) is 0 Å². The van der Waals surface area contributed by atoms with Gasteiger partial charge in [0.15, 0.2) is 0 Å². The van der Waals surface area contributed by atoms with Crippen molar-refractivity contribution in [2.75, 3.05) is 31.2 Å². The molecular formula is C14H16FN3O2. The SMILES string of the molecule is O=C1CCC(c2ccc(N3CCOCC3)c(F)c2)=NN1. The van der Waals surface area contributed by atoms with Crippen molar-refractivity contribution < 1.29 is 13.9 Å². The number of carbonyl (C=O) groups excluding carboxylic acids is 1. The number of nitrogens with one attached hydrogen (secondary N) is 1. The molecule has 0 aliphatic carbocycles. The Morgan fingerprint density at radius 3 is 2.70 bits per heavy atom. The summed E-state index contributed by atoms with van der Waals surface area (Å²) < 4.78 is 19.5. The van der Waals surface area contributed by atoms with Crippen LogP contribution in [-0.4, -0.2) is 37.9 Å². The topological polar surface area (TPSA) is 53.9 Å². The van der Waals surface area contributed by atoms with E-state index in [1.54, 1.807) is 6.07 Å². The Bertz CT molecular complexity index is 553. The molecule has 0 aromatic heterocycles. The Morgan fingerprint density at radius 2 is 2.05 bits per heavy atom. The molecule has 0 radical (unpaired) electrons. The first-order valence-corrected chi connectivity index (χ1v) is 6.72. The Kier molecular flexibility index (Phi) is 3.64. The maximum absolute atomic E-state index is 14.2. The van der Waals surface area contributed by atoms with E-state index in [1.807, 2.05) is 11.0 Å². The van der Waals surface area contributed by atoms with Gasteiger partial charge in [-0.2, -0.15) is 5.10 Å². The summed E-state index contributed by atoms with van der Waals surface area (Å²) in [4.78, 5) is 13.0. The van der Waals surface area contributed by atoms with Gasteiger partial charge in [-0.15, -0.1) is 0 Å². The third kappa shape index (κ3) is 2.65. The fraction of sp³-hybridized carbons (Fsp3) is 0.429. The molecule has 1 saturated heterocycles. The quantitative estimate of drug-likeness (QED) is 0.886. The lowest BCUT2D eigenvalue weighted by Crippen LogP contribution is -2.36. The second-order valence-corrected chi connectivity index (χ2v) is 4.86. The number of benzene rings is 1. The van der Waals surface area contributed by atoms with E-state index in [4.69, 9.17) is 4.74 Å². The van der Waals surface area contributed by atoms with Crippen molar-refractivity contribution in [3.8, 4) is 0 Å². The molecule has 20 heavy (non-hydrogen) atoms. The zero-order valence-electron chi connectivity index (χ0n) is 11.1. The van der Waals surface area contributed by atoms with Crippen molar-refractivity contribution in [3.05, 3.63) is 29.6 Å². The highest BCUT2D eigenvalue weighted by Crippen LogP contribution is 2.23. The number of hydrogen-bond acceptors (Lipinski definition) is 4. The smallest absolute Gasteiger partial charge is 0.240 e. The molecule has 0 saturated carbocycles. The second kappa shape index (κ2) is 5.58. The highest BCUT2D eigenvalue weighted by atomic mass is 19.1. The standard InChI is InChI=1S/C14H16FN3O2/c15-11-9-10(12-2-4-14(19)17-16-12)1-3-13(11)18-5-7-20-8-6-18/h1,3,9H,2,4-8H2,(H,17,19). The van der Waals surface area contributed by atoms with E-state index >= 15 is 0 Å². The highest BCUT2D eigenvalue weighted by Gasteiger charge is 2.18. The Morgan fingerprint density at radius 1 is 1.25 bits per heavy atom. The monoisotopic (exact) mass is 277 g/mol. The normalized spacial score (nSPS) is 19.6. The Hall–Kier alpha value is -1.95. The average Bonchev–Trinajstić information content (AvgIpc) is 2.49. The lowest BCUT2D eigenvalue weighted by atomic mass is 10.0. The van der Waals surface area contributed by atoms with Gasteiger partial charge in [-0.3, -0.25) is 4.79 Å². The number of hydrogen-bond donors (Lipinski definition) is 1. The molecule has 1 aromatic carbocycles. The molecule has 3 rings (SSSR count). The van der Waals surface area contributed by atoms with Gasteiger partial charge in [0.1, 0.15) is 5.82 Å². The number of amides is 1. The molecule has 1 aromatic rings. The van der Waals surface area contributed by atoms with E-state index in [2.05, 4.69) is 10.5 Å². The van der Waals surface area contributed by atoms with Crippen LogP contribution in [0.1, 0.15) is 18.4 Å². The number of rotatable bonds is 2. The number of halogens is 1. The number of carbonyl (C=O) groups is 1. The molecule has 0 unspecified atom stereocenters. The van der Waals surface area contributed by atoms with Crippen LogP contribution in [0.5, 0.6) is 0 Å². The molecular weight excluding hydrogens is 261 g/mol. The van der Waals surface area contributed by atoms with Gasteiger partial charge in [0, 0.05) is 31.5 Å². The molecule has 1 fully saturated rings. The molecule has 2 heterocycles. The van der Waals surface area contributed by atoms with E-state index in [0.717, 1.165) is 11.3 Å². The van der Waals surface area contributed by atoms with Crippen molar-refractivity contribution >= 4 is 17.3 Å². The summed E-state index contributed by atoms with van der Waals surface area (Å²) >= 11 is 0. The molecule has 106 valence electrons. The first-order chi connectivity index (χ1) is 9.74. The summed E-state index contributed by atoms with van der Waals surface area (Å²) in [6.07, 6.45) is 0.938. The minimum atomic E-state index is -0.260. The molecule has 6 heteroatoms. The third-order valence-corrected chi connectivity index (χ3v) is 3.54. The van der Waals surface area contributed by atoms with Crippen molar-refractivity contribution in [2.24, 2.45) is 5.10 Å². The van der Waals surface area contributed by atoms with E-state index in [9.17, 15) is 9.18 Å². The molecule has 1 amide bonds. The van der Waals surface area contributed by atoms with Gasteiger partial charge in [0.25, 0.3) is 0 Å². The molecule has 0 atom stereocenters. The Balaban J connectivity index is 1.82. The van der Waals surface area contributed by atoms with Gasteiger partial charge in [-0.1, -0.05) is 6.07 Å². The summed E-state index contributed by atoms with van der Waals surface area (Å²) in [5.41, 5.74) is 4.46. The van der Waals surface area contributed by atoms with Crippen molar-refractivity contribution in [1.29, 1.82) is 0 Å². The van der Waals surface area contributed by atoms with E-state index in [0.29, 0.717) is 44.8 Å². The Labute approximate surface area is 116 Å². The number of morpholine rings is 1. The van der Waals surface area contributed by atoms with Crippen LogP contribution in [0.15, 0.2) is 23.3 Å². The fourth-order valence-corrected chi connectivity index (χ4v) is 2.43. The van der Waals surface area contributed by atoms with Crippen LogP contribution in [-0.2, 0) is 9.53 Å². The van der Waals surface area contributed by atoms with Crippen LogP contribution >= 0.6 is 0 Å². The van der Waals surface area contributed by atoms with Crippen LogP contribution in [0, 0.1) is 5.82 Å². The van der Waals surface area contributed by atoms with E-state index < -0.39 is 0 Å². The lowest BCUT2D eigenvalue weighted by molar-refractivity contribution is -0.121. The summed E-state index contributed by atoms with van der Waals surface area (Å²) in [6, 6.07) is 5.11. The minimum Gasteiger partial charge on any atom is -0.378 e. The number of ether oxygens (including phenoxy) is 1. The summed E-state index contributed by atoms with van der Waals surface area (Å²) in [6.45, 7) is 2.65. The summed E-state index contributed by atoms with van der Waals surface area (Å²) in [7, 11) is 0. The molecule has 0 bridgehead atoms. The number of nitrogens with zero attached hydrogens (tertiary/aromatic N) is 2. The minimum absolute atomic E-state index is 0.0980. The van der Waals surface area contributed by atoms with Crippen molar-refractivity contribution in [1.82, 2.24) is 5.43 Å². The van der Waals surface area contributed by atoms with Gasteiger partial charge in [0.2, 0.25) is 5.91 Å². The van der Waals surface area contributed by atoms with Crippen molar-refractivity contribution in [2.45, 2.75) is 12.8 Å². The van der Waals surface area contributed by atoms with Crippen LogP contribution in [0.25, 0.3) is 0 Å². The average molecular weight is 277 g/mol. The first-order valence-electron chi connectivity index (χ1n) is 6.72. The number of hydrazone groups is 1. The fourth-order valence-electron chi connectivity index (χ4n) is 2.43. The molecule has 2 aliphatic rings. The molecule has 2 aliphatic heterocycles.